The van der Waals surface area contributed by atoms with E-state index in [4.69, 9.17) is 0 Å². The first kappa shape index (κ1) is 23.2. The van der Waals surface area contributed by atoms with Gasteiger partial charge in [-0.05, 0) is 30.4 Å². The highest BCUT2D eigenvalue weighted by Gasteiger charge is 2.12. The number of nitrogens with zero attached hydrogens (tertiary/aromatic N) is 2. The van der Waals surface area contributed by atoms with Gasteiger partial charge >= 0.3 is 0 Å². The van der Waals surface area contributed by atoms with E-state index in [2.05, 4.69) is 22.4 Å². The predicted molar refractivity (Wildman–Crippen MR) is 128 cm³/mol. The van der Waals surface area contributed by atoms with Crippen LogP contribution in [0, 0.1) is 0 Å². The maximum absolute atomic E-state index is 12.5. The Kier molecular flexibility index (Phi) is 9.24. The maximum Gasteiger partial charge on any atom is 0.226 e. The number of unbranched alkanes of at least 4 members (excludes halogenated alkanes) is 2. The Balaban J connectivity index is 1.42. The van der Waals surface area contributed by atoms with Crippen molar-refractivity contribution in [2.24, 2.45) is 0 Å². The second-order valence-corrected chi connectivity index (χ2v) is 9.47. The maximum atomic E-state index is 12.5. The number of hydrogen-bond acceptors (Lipinski definition) is 6. The molecule has 0 bridgehead atoms. The van der Waals surface area contributed by atoms with Gasteiger partial charge in [0.15, 0.2) is 10.1 Å². The van der Waals surface area contributed by atoms with Crippen LogP contribution in [0.1, 0.15) is 54.1 Å². The van der Waals surface area contributed by atoms with Crippen molar-refractivity contribution in [3.63, 3.8) is 0 Å². The Bertz CT molecular complexity index is 972. The van der Waals surface area contributed by atoms with Gasteiger partial charge in [0.05, 0.1) is 5.75 Å². The molecule has 2 aromatic carbocycles. The summed E-state index contributed by atoms with van der Waals surface area (Å²) in [6.07, 6.45) is 5.74. The molecular formula is C24H27N3O2S2. The van der Waals surface area contributed by atoms with Crippen LogP contribution >= 0.6 is 23.1 Å². The minimum Gasteiger partial charge on any atom is -0.300 e. The molecule has 5 nitrogen and oxygen atoms in total. The van der Waals surface area contributed by atoms with E-state index in [9.17, 15) is 9.59 Å². The van der Waals surface area contributed by atoms with E-state index in [1.165, 1.54) is 47.9 Å². The molecule has 0 aliphatic heterocycles. The molecule has 0 aliphatic carbocycles. The molecule has 1 heterocycles. The van der Waals surface area contributed by atoms with Gasteiger partial charge in [-0.2, -0.15) is 0 Å². The van der Waals surface area contributed by atoms with E-state index in [0.717, 1.165) is 12.0 Å². The second-order valence-electron chi connectivity index (χ2n) is 7.27. The number of Topliss-reactive ketones (excluding diaryl/α,β-unsaturated/α-hetero) is 1. The summed E-state index contributed by atoms with van der Waals surface area (Å²) >= 11 is 2.64. The average molecular weight is 454 g/mol. The lowest BCUT2D eigenvalue weighted by atomic mass is 10.0. The Morgan fingerprint density at radius 3 is 2.42 bits per heavy atom. The highest BCUT2D eigenvalue weighted by molar-refractivity contribution is 8.01. The summed E-state index contributed by atoms with van der Waals surface area (Å²) < 4.78 is 0.669. The third-order valence-corrected chi connectivity index (χ3v) is 6.78. The molecule has 0 radical (unpaired) electrons. The van der Waals surface area contributed by atoms with Crippen molar-refractivity contribution in [1.82, 2.24) is 10.2 Å². The van der Waals surface area contributed by atoms with Gasteiger partial charge in [0, 0.05) is 12.0 Å². The fraction of sp³-hybridized carbons (Fsp3) is 0.333. The highest BCUT2D eigenvalue weighted by Crippen LogP contribution is 2.26. The van der Waals surface area contributed by atoms with E-state index in [0.29, 0.717) is 33.6 Å². The third-order valence-electron chi connectivity index (χ3n) is 4.81. The molecule has 0 unspecified atom stereocenters. The predicted octanol–water partition coefficient (Wildman–Crippen LogP) is 5.82. The molecule has 0 atom stereocenters. The van der Waals surface area contributed by atoms with Gasteiger partial charge in [-0.15, -0.1) is 10.2 Å². The number of aromatic nitrogens is 2. The largest absolute Gasteiger partial charge is 0.300 e. The zero-order valence-corrected chi connectivity index (χ0v) is 19.3. The number of aryl methyl sites for hydroxylation is 2. The Hall–Kier alpha value is -2.51. The molecule has 162 valence electrons. The van der Waals surface area contributed by atoms with Gasteiger partial charge in [0.25, 0.3) is 0 Å². The van der Waals surface area contributed by atoms with E-state index >= 15 is 0 Å². The lowest BCUT2D eigenvalue weighted by molar-refractivity contribution is -0.116. The van der Waals surface area contributed by atoms with E-state index in [1.807, 2.05) is 54.6 Å². The Morgan fingerprint density at radius 2 is 1.68 bits per heavy atom. The van der Waals surface area contributed by atoms with Crippen molar-refractivity contribution in [3.05, 3.63) is 71.3 Å². The van der Waals surface area contributed by atoms with Gasteiger partial charge in [-0.1, -0.05) is 97.5 Å². The molecule has 3 rings (SSSR count). The van der Waals surface area contributed by atoms with Crippen molar-refractivity contribution < 1.29 is 9.59 Å². The van der Waals surface area contributed by atoms with Crippen LogP contribution in [0.5, 0.6) is 0 Å². The van der Waals surface area contributed by atoms with Crippen molar-refractivity contribution in [2.75, 3.05) is 11.1 Å². The van der Waals surface area contributed by atoms with Gasteiger partial charge in [-0.25, -0.2) is 0 Å². The van der Waals surface area contributed by atoms with E-state index in [-0.39, 0.29) is 11.7 Å². The first-order chi connectivity index (χ1) is 15.1. The highest BCUT2D eigenvalue weighted by atomic mass is 32.2. The molecule has 0 spiro atoms. The minimum atomic E-state index is -0.0911. The van der Waals surface area contributed by atoms with Crippen LogP contribution in [0.25, 0.3) is 0 Å². The second kappa shape index (κ2) is 12.4. The van der Waals surface area contributed by atoms with Crippen LogP contribution in [-0.4, -0.2) is 27.6 Å². The van der Waals surface area contributed by atoms with E-state index in [1.54, 1.807) is 0 Å². The molecule has 1 aromatic heterocycles. The fourth-order valence-corrected chi connectivity index (χ4v) is 4.71. The third kappa shape index (κ3) is 7.92. The minimum absolute atomic E-state index is 0.0637. The van der Waals surface area contributed by atoms with Crippen LogP contribution in [0.3, 0.4) is 0 Å². The van der Waals surface area contributed by atoms with E-state index < -0.39 is 0 Å². The number of nitrogens with one attached hydrogen (secondary N) is 1. The molecule has 7 heteroatoms. The standard InChI is InChI=1S/C24H27N3O2S2/c1-2-3-5-8-19-11-14-20(15-12-19)21(28)17-30-24-27-26-23(31-24)25-22(29)16-13-18-9-6-4-7-10-18/h4,6-7,9-12,14-15H,2-3,5,8,13,16-17H2,1H3,(H,25,26,29). The van der Waals surface area contributed by atoms with Crippen molar-refractivity contribution >= 4 is 39.9 Å². The van der Waals surface area contributed by atoms with Crippen LogP contribution in [0.2, 0.25) is 0 Å². The monoisotopic (exact) mass is 453 g/mol. The van der Waals surface area contributed by atoms with Gasteiger partial charge in [-0.3, -0.25) is 9.59 Å². The Morgan fingerprint density at radius 1 is 0.935 bits per heavy atom. The first-order valence-electron chi connectivity index (χ1n) is 10.6. The zero-order valence-electron chi connectivity index (χ0n) is 17.7. The van der Waals surface area contributed by atoms with Crippen molar-refractivity contribution in [1.29, 1.82) is 0 Å². The number of benzene rings is 2. The summed E-state index contributed by atoms with van der Waals surface area (Å²) in [6.45, 7) is 2.19. The number of carbonyl (C=O) groups excluding carboxylic acids is 2. The van der Waals surface area contributed by atoms with Crippen LogP contribution in [-0.2, 0) is 17.6 Å². The summed E-state index contributed by atoms with van der Waals surface area (Å²) in [4.78, 5) is 24.6. The summed E-state index contributed by atoms with van der Waals surface area (Å²) in [5, 5.41) is 11.3. The SMILES string of the molecule is CCCCCc1ccc(C(=O)CSc2nnc(NC(=O)CCc3ccccc3)s2)cc1. The van der Waals surface area contributed by atoms with Gasteiger partial charge < -0.3 is 5.32 Å². The number of carbonyl (C=O) groups is 2. The number of rotatable bonds is 12. The molecular weight excluding hydrogens is 426 g/mol. The molecule has 0 fully saturated rings. The normalized spacial score (nSPS) is 10.7. The number of thioether (sulfide) groups is 1. The summed E-state index contributed by atoms with van der Waals surface area (Å²) in [6, 6.07) is 17.8. The quantitative estimate of drug-likeness (QED) is 0.162. The zero-order chi connectivity index (χ0) is 21.9. The number of ketones is 1. The van der Waals surface area contributed by atoms with Gasteiger partial charge in [0.1, 0.15) is 0 Å². The lowest BCUT2D eigenvalue weighted by Crippen LogP contribution is -2.12. The summed E-state index contributed by atoms with van der Waals surface area (Å²) in [7, 11) is 0. The smallest absolute Gasteiger partial charge is 0.226 e. The van der Waals surface area contributed by atoms with Crippen LogP contribution in [0.4, 0.5) is 5.13 Å². The Labute approximate surface area is 191 Å². The average Bonchev–Trinajstić information content (AvgIpc) is 3.24. The number of anilines is 1. The molecule has 1 N–H and O–H groups in total. The van der Waals surface area contributed by atoms with Crippen molar-refractivity contribution in [2.45, 2.75) is 49.8 Å². The molecule has 1 amide bonds. The van der Waals surface area contributed by atoms with Crippen molar-refractivity contribution in [3.8, 4) is 0 Å². The van der Waals surface area contributed by atoms with Crippen LogP contribution < -0.4 is 5.32 Å². The molecule has 0 saturated carbocycles. The molecule has 0 aliphatic rings. The fourth-order valence-electron chi connectivity index (χ4n) is 3.05. The molecule has 0 saturated heterocycles. The lowest BCUT2D eigenvalue weighted by Gasteiger charge is -2.03. The topological polar surface area (TPSA) is 72.0 Å². The van der Waals surface area contributed by atoms with Crippen LogP contribution in [0.15, 0.2) is 58.9 Å². The number of amides is 1. The molecule has 3 aromatic rings. The summed E-state index contributed by atoms with van der Waals surface area (Å²) in [5.41, 5.74) is 3.11. The molecule has 31 heavy (non-hydrogen) atoms. The van der Waals surface area contributed by atoms with Gasteiger partial charge in [0.2, 0.25) is 11.0 Å². The number of hydrogen-bond donors (Lipinski definition) is 1. The first-order valence-corrected chi connectivity index (χ1v) is 12.4. The summed E-state index contributed by atoms with van der Waals surface area (Å²) in [5.74, 6) is 0.270.